The number of aromatic amines is 1. The van der Waals surface area contributed by atoms with Crippen LogP contribution in [-0.4, -0.2) is 51.2 Å². The van der Waals surface area contributed by atoms with Gasteiger partial charge in [-0.25, -0.2) is 0 Å². The van der Waals surface area contributed by atoms with Gasteiger partial charge in [0.15, 0.2) is 0 Å². The number of carboxylic acids is 1. The molecule has 0 spiro atoms. The molecule has 0 unspecified atom stereocenters. The number of carboxylic acid groups (broad SMARTS) is 1. The number of nitrogens with one attached hydrogen (secondary N) is 1. The van der Waals surface area contributed by atoms with E-state index in [4.69, 9.17) is 0 Å². The number of hydrogen-bond donors (Lipinski definition) is 3. The summed E-state index contributed by atoms with van der Waals surface area (Å²) in [6.45, 7) is 0.0556. The Hall–Kier alpha value is -2.93. The van der Waals surface area contributed by atoms with Crippen LogP contribution in [0.1, 0.15) is 46.4 Å². The van der Waals surface area contributed by atoms with Crippen LogP contribution in [0.15, 0.2) is 41.2 Å². The number of likely N-dealkylation sites (tertiary alicyclic amines) is 1. The van der Waals surface area contributed by atoms with E-state index < -0.39 is 29.0 Å². The van der Waals surface area contributed by atoms with Crippen molar-refractivity contribution in [3.8, 4) is 0 Å². The molecule has 2 atom stereocenters. The summed E-state index contributed by atoms with van der Waals surface area (Å²) < 4.78 is 0. The van der Waals surface area contributed by atoms with Crippen molar-refractivity contribution in [2.24, 2.45) is 5.41 Å². The van der Waals surface area contributed by atoms with Crippen molar-refractivity contribution in [1.82, 2.24) is 9.88 Å². The molecule has 2 aliphatic rings. The Bertz CT molecular complexity index is 1020. The molecule has 3 N–H and O–H groups in total. The van der Waals surface area contributed by atoms with Crippen molar-refractivity contribution in [3.05, 3.63) is 69.1 Å². The van der Waals surface area contributed by atoms with Gasteiger partial charge in [0.25, 0.3) is 11.5 Å². The molecule has 1 aliphatic heterocycles. The predicted octanol–water partition coefficient (Wildman–Crippen LogP) is 1.77. The van der Waals surface area contributed by atoms with Crippen molar-refractivity contribution < 1.29 is 19.8 Å². The fourth-order valence-electron chi connectivity index (χ4n) is 4.66. The Kier molecular flexibility index (Phi) is 5.47. The van der Waals surface area contributed by atoms with Crippen LogP contribution < -0.4 is 5.56 Å². The monoisotopic (exact) mass is 410 g/mol. The standard InChI is InChI=1S/C23H26N2O5/c26-19-14-25(11-10-23(19,22(29)30)13-15-6-2-1-3-7-15)21(28)17-12-16-8-4-5-9-18(16)24-20(17)27/h1-3,6-7,12,19,26H,4-5,8-11,13-14H2,(H,24,27)(H,29,30)/t19-,23-/m1/s1. The second-order valence-electron chi connectivity index (χ2n) is 8.36. The topological polar surface area (TPSA) is 111 Å². The molecular formula is C23H26N2O5. The van der Waals surface area contributed by atoms with Gasteiger partial charge in [0.2, 0.25) is 0 Å². The number of hydrogen-bond acceptors (Lipinski definition) is 4. The number of nitrogens with zero attached hydrogens (tertiary/aromatic N) is 1. The predicted molar refractivity (Wildman–Crippen MR) is 110 cm³/mol. The summed E-state index contributed by atoms with van der Waals surface area (Å²) >= 11 is 0. The van der Waals surface area contributed by atoms with Gasteiger partial charge < -0.3 is 20.1 Å². The lowest BCUT2D eigenvalue weighted by molar-refractivity contribution is -0.161. The normalized spacial score (nSPS) is 23.6. The van der Waals surface area contributed by atoms with Crippen LogP contribution in [0, 0.1) is 5.41 Å². The maximum Gasteiger partial charge on any atom is 0.312 e. The number of rotatable bonds is 4. The van der Waals surface area contributed by atoms with Gasteiger partial charge in [-0.1, -0.05) is 30.3 Å². The Morgan fingerprint density at radius 2 is 1.90 bits per heavy atom. The molecule has 0 saturated carbocycles. The number of benzene rings is 1. The second kappa shape index (κ2) is 8.07. The maximum atomic E-state index is 13.0. The molecule has 4 rings (SSSR count). The average molecular weight is 410 g/mol. The van der Waals surface area contributed by atoms with Crippen molar-refractivity contribution in [1.29, 1.82) is 0 Å². The number of fused-ring (bicyclic) bond motifs is 1. The quantitative estimate of drug-likeness (QED) is 0.712. The Morgan fingerprint density at radius 3 is 2.60 bits per heavy atom. The molecule has 7 nitrogen and oxygen atoms in total. The molecule has 0 radical (unpaired) electrons. The zero-order valence-corrected chi connectivity index (χ0v) is 16.8. The number of pyridine rings is 1. The van der Waals surface area contributed by atoms with Crippen LogP contribution in [0.3, 0.4) is 0 Å². The fraction of sp³-hybridized carbons (Fsp3) is 0.435. The molecule has 158 valence electrons. The number of carbonyl (C=O) groups excluding carboxylic acids is 1. The van der Waals surface area contributed by atoms with Gasteiger partial charge in [0.05, 0.1) is 6.10 Å². The molecule has 1 aromatic heterocycles. The summed E-state index contributed by atoms with van der Waals surface area (Å²) in [7, 11) is 0. The second-order valence-corrected chi connectivity index (χ2v) is 8.36. The Labute approximate surface area is 174 Å². The lowest BCUT2D eigenvalue weighted by atomic mass is 9.71. The third kappa shape index (κ3) is 3.65. The van der Waals surface area contributed by atoms with Crippen molar-refractivity contribution in [2.75, 3.05) is 13.1 Å². The lowest BCUT2D eigenvalue weighted by Gasteiger charge is -2.42. The van der Waals surface area contributed by atoms with E-state index in [1.807, 2.05) is 30.3 Å². The third-order valence-corrected chi connectivity index (χ3v) is 6.50. The smallest absolute Gasteiger partial charge is 0.312 e. The molecule has 1 saturated heterocycles. The number of piperidine rings is 1. The number of amides is 1. The summed E-state index contributed by atoms with van der Waals surface area (Å²) in [6, 6.07) is 10.9. The zero-order valence-electron chi connectivity index (χ0n) is 16.8. The van der Waals surface area contributed by atoms with Crippen molar-refractivity contribution in [2.45, 2.75) is 44.6 Å². The van der Waals surface area contributed by atoms with E-state index in [-0.39, 0.29) is 31.5 Å². The van der Waals surface area contributed by atoms with E-state index in [0.717, 1.165) is 42.5 Å². The SMILES string of the molecule is O=C(c1cc2c([nH]c1=O)CCCC2)N1CC[C@](Cc2ccccc2)(C(=O)O)[C@H](O)C1. The Morgan fingerprint density at radius 1 is 1.17 bits per heavy atom. The number of aryl methyl sites for hydroxylation is 2. The van der Waals surface area contributed by atoms with Gasteiger partial charge in [0, 0.05) is 18.8 Å². The summed E-state index contributed by atoms with van der Waals surface area (Å²) in [5.41, 5.74) is 0.994. The number of H-pyrrole nitrogens is 1. The van der Waals surface area contributed by atoms with Gasteiger partial charge in [-0.05, 0) is 55.7 Å². The molecule has 30 heavy (non-hydrogen) atoms. The van der Waals surface area contributed by atoms with Gasteiger partial charge in [-0.3, -0.25) is 14.4 Å². The number of carbonyl (C=O) groups is 2. The van der Waals surface area contributed by atoms with E-state index in [2.05, 4.69) is 4.98 Å². The Balaban J connectivity index is 1.55. The molecular weight excluding hydrogens is 384 g/mol. The van der Waals surface area contributed by atoms with Crippen molar-refractivity contribution in [3.63, 3.8) is 0 Å². The van der Waals surface area contributed by atoms with Crippen LogP contribution in [-0.2, 0) is 24.1 Å². The highest BCUT2D eigenvalue weighted by molar-refractivity contribution is 5.94. The van der Waals surface area contributed by atoms with Crippen LogP contribution in [0.25, 0.3) is 0 Å². The molecule has 1 amide bonds. The first-order chi connectivity index (χ1) is 14.4. The van der Waals surface area contributed by atoms with E-state index in [0.29, 0.717) is 0 Å². The first-order valence-corrected chi connectivity index (χ1v) is 10.4. The summed E-state index contributed by atoms with van der Waals surface area (Å²) in [4.78, 5) is 41.9. The lowest BCUT2D eigenvalue weighted by Crippen LogP contribution is -2.57. The van der Waals surface area contributed by atoms with E-state index >= 15 is 0 Å². The average Bonchev–Trinajstić information content (AvgIpc) is 2.74. The summed E-state index contributed by atoms with van der Waals surface area (Å²) in [5, 5.41) is 20.7. The third-order valence-electron chi connectivity index (χ3n) is 6.50. The molecule has 2 heterocycles. The fourth-order valence-corrected chi connectivity index (χ4v) is 4.66. The highest BCUT2D eigenvalue weighted by Crippen LogP contribution is 2.36. The summed E-state index contributed by atoms with van der Waals surface area (Å²) in [5.74, 6) is -1.53. The minimum absolute atomic E-state index is 0.0636. The number of β-amino-alcohol motifs (C(OH)–C–C–N with tert-alkyl or cyclic N) is 1. The number of aliphatic carboxylic acids is 1. The first-order valence-electron chi connectivity index (χ1n) is 10.4. The molecule has 2 aromatic rings. The highest BCUT2D eigenvalue weighted by atomic mass is 16.4. The molecule has 1 aliphatic carbocycles. The minimum Gasteiger partial charge on any atom is -0.481 e. The van der Waals surface area contributed by atoms with Crippen LogP contribution >= 0.6 is 0 Å². The molecule has 0 bridgehead atoms. The first kappa shape index (κ1) is 20.3. The minimum atomic E-state index is -1.36. The number of aliphatic hydroxyl groups excluding tert-OH is 1. The maximum absolute atomic E-state index is 13.0. The van der Waals surface area contributed by atoms with E-state index in [1.165, 1.54) is 4.90 Å². The van der Waals surface area contributed by atoms with Gasteiger partial charge in [-0.15, -0.1) is 0 Å². The number of aliphatic hydroxyl groups is 1. The van der Waals surface area contributed by atoms with E-state index in [9.17, 15) is 24.6 Å². The van der Waals surface area contributed by atoms with Crippen LogP contribution in [0.5, 0.6) is 0 Å². The molecule has 1 aromatic carbocycles. The summed E-state index contributed by atoms with van der Waals surface area (Å²) in [6.07, 6.45) is 2.75. The van der Waals surface area contributed by atoms with Crippen LogP contribution in [0.2, 0.25) is 0 Å². The van der Waals surface area contributed by atoms with Gasteiger partial charge >= 0.3 is 5.97 Å². The van der Waals surface area contributed by atoms with Crippen LogP contribution in [0.4, 0.5) is 0 Å². The zero-order chi connectivity index (χ0) is 21.3. The van der Waals surface area contributed by atoms with Gasteiger partial charge in [0.1, 0.15) is 11.0 Å². The van der Waals surface area contributed by atoms with Crippen molar-refractivity contribution >= 4 is 11.9 Å². The number of aromatic nitrogens is 1. The highest BCUT2D eigenvalue weighted by Gasteiger charge is 2.49. The van der Waals surface area contributed by atoms with E-state index in [1.54, 1.807) is 6.07 Å². The molecule has 7 heteroatoms. The largest absolute Gasteiger partial charge is 0.481 e. The van der Waals surface area contributed by atoms with Gasteiger partial charge in [-0.2, -0.15) is 0 Å². The molecule has 1 fully saturated rings.